The molecule has 0 spiro atoms. The van der Waals surface area contributed by atoms with E-state index in [2.05, 4.69) is 5.32 Å². The first kappa shape index (κ1) is 27.7. The molecule has 1 atom stereocenters. The Labute approximate surface area is 234 Å². The molecule has 3 aromatic carbocycles. The standard InChI is InChI=1S/C27H25Cl3N4O4/c1-16(33(13-14-37-2)27(36)32-22-6-4-5-21(29)24(22)30)25-31-23-15-17(28)7-12-20(23)26(35)34(25)18-8-10-19(38-3)11-9-18/h4-12,15-16H,13-14H2,1-3H3,(H,32,36). The number of amides is 2. The molecule has 1 N–H and O–H groups in total. The second-order valence-corrected chi connectivity index (χ2v) is 9.59. The van der Waals surface area contributed by atoms with Crippen LogP contribution in [0.15, 0.2) is 65.5 Å². The van der Waals surface area contributed by atoms with Crippen LogP contribution >= 0.6 is 34.8 Å². The number of rotatable bonds is 8. The Hall–Kier alpha value is -3.30. The minimum Gasteiger partial charge on any atom is -0.497 e. The van der Waals surface area contributed by atoms with Crippen molar-refractivity contribution in [3.8, 4) is 11.4 Å². The van der Waals surface area contributed by atoms with Crippen molar-refractivity contribution in [2.24, 2.45) is 0 Å². The van der Waals surface area contributed by atoms with Gasteiger partial charge in [0.1, 0.15) is 11.6 Å². The Kier molecular flexibility index (Phi) is 8.79. The van der Waals surface area contributed by atoms with E-state index < -0.39 is 12.1 Å². The number of fused-ring (bicyclic) bond motifs is 1. The van der Waals surface area contributed by atoms with E-state index in [0.717, 1.165) is 0 Å². The molecular weight excluding hydrogens is 551 g/mol. The number of hydrogen-bond donors (Lipinski definition) is 1. The van der Waals surface area contributed by atoms with Crippen LogP contribution in [0, 0.1) is 0 Å². The van der Waals surface area contributed by atoms with Gasteiger partial charge in [0, 0.05) is 18.7 Å². The van der Waals surface area contributed by atoms with Gasteiger partial charge in [0.2, 0.25) is 0 Å². The summed E-state index contributed by atoms with van der Waals surface area (Å²) in [6, 6.07) is 15.7. The number of benzene rings is 3. The van der Waals surface area contributed by atoms with E-state index in [4.69, 9.17) is 49.3 Å². The first-order chi connectivity index (χ1) is 18.2. The lowest BCUT2D eigenvalue weighted by Gasteiger charge is -2.30. The fourth-order valence-electron chi connectivity index (χ4n) is 4.02. The lowest BCUT2D eigenvalue weighted by molar-refractivity contribution is 0.137. The minimum absolute atomic E-state index is 0.202. The molecule has 1 aromatic heterocycles. The third-order valence-electron chi connectivity index (χ3n) is 6.02. The van der Waals surface area contributed by atoms with Crippen LogP contribution in [0.2, 0.25) is 15.1 Å². The number of carbonyl (C=O) groups is 1. The van der Waals surface area contributed by atoms with Crippen LogP contribution in [0.5, 0.6) is 5.75 Å². The third kappa shape index (κ3) is 5.73. The second kappa shape index (κ2) is 12.0. The number of hydrogen-bond acceptors (Lipinski definition) is 5. The highest BCUT2D eigenvalue weighted by Gasteiger charge is 2.27. The number of nitrogens with zero attached hydrogens (tertiary/aromatic N) is 3. The molecule has 0 saturated carbocycles. The molecule has 2 amide bonds. The predicted molar refractivity (Wildman–Crippen MR) is 151 cm³/mol. The summed E-state index contributed by atoms with van der Waals surface area (Å²) < 4.78 is 12.0. The number of anilines is 1. The van der Waals surface area contributed by atoms with Crippen LogP contribution < -0.4 is 15.6 Å². The van der Waals surface area contributed by atoms with Crippen LogP contribution in [0.1, 0.15) is 18.8 Å². The minimum atomic E-state index is -0.679. The molecule has 0 bridgehead atoms. The summed E-state index contributed by atoms with van der Waals surface area (Å²) in [5.74, 6) is 0.967. The Bertz CT molecular complexity index is 1530. The smallest absolute Gasteiger partial charge is 0.322 e. The summed E-state index contributed by atoms with van der Waals surface area (Å²) in [5, 5.41) is 4.16. The van der Waals surface area contributed by atoms with E-state index in [-0.39, 0.29) is 23.7 Å². The van der Waals surface area contributed by atoms with Gasteiger partial charge in [-0.05, 0) is 61.5 Å². The maximum atomic E-state index is 13.8. The monoisotopic (exact) mass is 574 g/mol. The van der Waals surface area contributed by atoms with E-state index in [1.54, 1.807) is 74.7 Å². The number of halogens is 3. The fraction of sp³-hybridized carbons (Fsp3) is 0.222. The highest BCUT2D eigenvalue weighted by atomic mass is 35.5. The number of carbonyl (C=O) groups excluding carboxylic acids is 1. The zero-order chi connectivity index (χ0) is 27.4. The first-order valence-corrected chi connectivity index (χ1v) is 12.8. The summed E-state index contributed by atoms with van der Waals surface area (Å²) >= 11 is 18.6. The molecule has 11 heteroatoms. The lowest BCUT2D eigenvalue weighted by Crippen LogP contribution is -2.41. The molecule has 4 rings (SSSR count). The van der Waals surface area contributed by atoms with E-state index in [1.807, 2.05) is 0 Å². The van der Waals surface area contributed by atoms with Gasteiger partial charge in [-0.25, -0.2) is 9.78 Å². The van der Waals surface area contributed by atoms with Crippen molar-refractivity contribution in [1.29, 1.82) is 0 Å². The molecule has 38 heavy (non-hydrogen) atoms. The number of urea groups is 1. The van der Waals surface area contributed by atoms with Gasteiger partial charge < -0.3 is 19.7 Å². The second-order valence-electron chi connectivity index (χ2n) is 8.36. The molecule has 0 aliphatic rings. The average Bonchev–Trinajstić information content (AvgIpc) is 2.91. The maximum Gasteiger partial charge on any atom is 0.322 e. The first-order valence-electron chi connectivity index (χ1n) is 11.6. The Morgan fingerprint density at radius 2 is 1.82 bits per heavy atom. The highest BCUT2D eigenvalue weighted by Crippen LogP contribution is 2.31. The molecule has 0 aliphatic heterocycles. The van der Waals surface area contributed by atoms with Gasteiger partial charge in [0.25, 0.3) is 5.56 Å². The number of nitrogens with one attached hydrogen (secondary N) is 1. The van der Waals surface area contributed by atoms with Crippen molar-refractivity contribution in [3.63, 3.8) is 0 Å². The maximum absolute atomic E-state index is 13.8. The van der Waals surface area contributed by atoms with Crippen molar-refractivity contribution in [2.75, 3.05) is 32.7 Å². The van der Waals surface area contributed by atoms with Gasteiger partial charge in [-0.15, -0.1) is 0 Å². The quantitative estimate of drug-likeness (QED) is 0.256. The number of methoxy groups -OCH3 is 2. The van der Waals surface area contributed by atoms with Crippen molar-refractivity contribution in [3.05, 3.63) is 91.9 Å². The molecule has 8 nitrogen and oxygen atoms in total. The Morgan fingerprint density at radius 1 is 1.08 bits per heavy atom. The SMILES string of the molecule is COCCN(C(=O)Nc1cccc(Cl)c1Cl)C(C)c1nc2cc(Cl)ccc2c(=O)n1-c1ccc(OC)cc1. The zero-order valence-electron chi connectivity index (χ0n) is 20.9. The molecule has 0 aliphatic carbocycles. The summed E-state index contributed by atoms with van der Waals surface area (Å²) in [4.78, 5) is 33.6. The normalized spacial score (nSPS) is 11.8. The molecule has 1 heterocycles. The summed E-state index contributed by atoms with van der Waals surface area (Å²) in [6.45, 7) is 2.23. The van der Waals surface area contributed by atoms with E-state index in [9.17, 15) is 9.59 Å². The van der Waals surface area contributed by atoms with Gasteiger partial charge in [-0.1, -0.05) is 40.9 Å². The average molecular weight is 576 g/mol. The molecular formula is C27H25Cl3N4O4. The van der Waals surface area contributed by atoms with Crippen LogP contribution in [0.25, 0.3) is 16.6 Å². The van der Waals surface area contributed by atoms with Crippen molar-refractivity contribution in [1.82, 2.24) is 14.5 Å². The summed E-state index contributed by atoms with van der Waals surface area (Å²) in [7, 11) is 3.10. The summed E-state index contributed by atoms with van der Waals surface area (Å²) in [6.07, 6.45) is 0. The van der Waals surface area contributed by atoms with Gasteiger partial charge in [-0.2, -0.15) is 0 Å². The molecule has 0 fully saturated rings. The summed E-state index contributed by atoms with van der Waals surface area (Å²) in [5.41, 5.74) is 1.03. The Balaban J connectivity index is 1.85. The van der Waals surface area contributed by atoms with Gasteiger partial charge in [-0.3, -0.25) is 9.36 Å². The van der Waals surface area contributed by atoms with E-state index >= 15 is 0 Å². The molecule has 1 unspecified atom stereocenters. The fourth-order valence-corrected chi connectivity index (χ4v) is 4.54. The largest absolute Gasteiger partial charge is 0.497 e. The van der Waals surface area contributed by atoms with Crippen LogP contribution in [-0.2, 0) is 4.74 Å². The molecule has 4 aromatic rings. The van der Waals surface area contributed by atoms with Crippen LogP contribution in [-0.4, -0.2) is 47.9 Å². The molecule has 0 saturated heterocycles. The van der Waals surface area contributed by atoms with Gasteiger partial charge in [0.05, 0.1) is 52.1 Å². The highest BCUT2D eigenvalue weighted by molar-refractivity contribution is 6.44. The molecule has 0 radical (unpaired) electrons. The number of ether oxygens (including phenoxy) is 2. The van der Waals surface area contributed by atoms with Gasteiger partial charge in [0.15, 0.2) is 0 Å². The van der Waals surface area contributed by atoms with E-state index in [1.165, 1.54) is 16.6 Å². The number of aromatic nitrogens is 2. The zero-order valence-corrected chi connectivity index (χ0v) is 23.1. The van der Waals surface area contributed by atoms with Crippen LogP contribution in [0.4, 0.5) is 10.5 Å². The predicted octanol–water partition coefficient (Wildman–Crippen LogP) is 6.60. The Morgan fingerprint density at radius 3 is 2.50 bits per heavy atom. The third-order valence-corrected chi connectivity index (χ3v) is 7.07. The van der Waals surface area contributed by atoms with Crippen molar-refractivity contribution in [2.45, 2.75) is 13.0 Å². The molecule has 198 valence electrons. The lowest BCUT2D eigenvalue weighted by atomic mass is 10.2. The van der Waals surface area contributed by atoms with Crippen molar-refractivity contribution >= 4 is 57.4 Å². The topological polar surface area (TPSA) is 85.7 Å². The van der Waals surface area contributed by atoms with E-state index in [0.29, 0.717) is 43.9 Å². The van der Waals surface area contributed by atoms with Crippen LogP contribution in [0.3, 0.4) is 0 Å². The van der Waals surface area contributed by atoms with Crippen molar-refractivity contribution < 1.29 is 14.3 Å². The van der Waals surface area contributed by atoms with Gasteiger partial charge >= 0.3 is 6.03 Å².